The van der Waals surface area contributed by atoms with Crippen LogP contribution < -0.4 is 23.7 Å². The molecule has 0 saturated carbocycles. The van der Waals surface area contributed by atoms with Crippen molar-refractivity contribution in [2.24, 2.45) is 0 Å². The number of ether oxygens (including phenoxy) is 5. The van der Waals surface area contributed by atoms with Crippen LogP contribution in [0.3, 0.4) is 0 Å². The van der Waals surface area contributed by atoms with E-state index in [0.717, 1.165) is 35.1 Å². The minimum absolute atomic E-state index is 0.198. The molecule has 7 heteroatoms. The van der Waals surface area contributed by atoms with Crippen molar-refractivity contribution in [3.63, 3.8) is 0 Å². The molecule has 0 fully saturated rings. The van der Waals surface area contributed by atoms with Crippen LogP contribution in [0.25, 0.3) is 0 Å². The maximum absolute atomic E-state index is 12.6. The number of aryl methyl sites for hydroxylation is 1. The van der Waals surface area contributed by atoms with E-state index in [2.05, 4.69) is 46.8 Å². The van der Waals surface area contributed by atoms with Crippen molar-refractivity contribution < 1.29 is 33.3 Å². The van der Waals surface area contributed by atoms with E-state index in [0.29, 0.717) is 28.7 Å². The van der Waals surface area contributed by atoms with Crippen molar-refractivity contribution in [3.05, 3.63) is 149 Å². The van der Waals surface area contributed by atoms with Crippen LogP contribution in [0.5, 0.6) is 28.7 Å². The van der Waals surface area contributed by atoms with Crippen LogP contribution in [0.1, 0.15) is 68.9 Å². The second-order valence-electron chi connectivity index (χ2n) is 12.8. The Morgan fingerprint density at radius 1 is 0.510 bits per heavy atom. The Bertz CT molecular complexity index is 1860. The van der Waals surface area contributed by atoms with Gasteiger partial charge in [0.1, 0.15) is 17.2 Å². The predicted octanol–water partition coefficient (Wildman–Crippen LogP) is 10.5. The monoisotopic (exact) mass is 658 g/mol. The molecule has 49 heavy (non-hydrogen) atoms. The molecule has 0 heterocycles. The summed E-state index contributed by atoms with van der Waals surface area (Å²) in [7, 11) is 1.53. The van der Waals surface area contributed by atoms with Gasteiger partial charge >= 0.3 is 12.3 Å². The number of methoxy groups -OCH3 is 1. The summed E-state index contributed by atoms with van der Waals surface area (Å²) in [5.41, 5.74) is 4.79. The molecule has 5 aromatic rings. The highest BCUT2D eigenvalue weighted by Gasteiger charge is 2.25. The van der Waals surface area contributed by atoms with E-state index >= 15 is 0 Å². The zero-order valence-corrected chi connectivity index (χ0v) is 28.8. The molecular formula is C42H42O7. The molecule has 0 radical (unpaired) electrons. The standard InChI is InChI=1S/C42H42O7/c1-7-11-29-14-27-37(38(28-29)45-6)49-40(44)48-36-25-19-33(20-26-36)42(4,5)32-17-23-35(24-18-32)47-39(43)46-34-21-15-31(16-22-34)41(2,3)30-12-9-8-10-13-30/h8-10,12-28H,7,11H2,1-6H3. The first-order valence-corrected chi connectivity index (χ1v) is 16.3. The molecule has 0 amide bonds. The maximum Gasteiger partial charge on any atom is 0.519 e. The first-order valence-electron chi connectivity index (χ1n) is 16.3. The van der Waals surface area contributed by atoms with E-state index in [9.17, 15) is 9.59 Å². The highest BCUT2D eigenvalue weighted by Crippen LogP contribution is 2.35. The van der Waals surface area contributed by atoms with Gasteiger partial charge in [0.2, 0.25) is 0 Å². The Morgan fingerprint density at radius 3 is 1.33 bits per heavy atom. The third-order valence-corrected chi connectivity index (χ3v) is 8.79. The zero-order valence-electron chi connectivity index (χ0n) is 28.8. The highest BCUT2D eigenvalue weighted by atomic mass is 16.7. The third-order valence-electron chi connectivity index (χ3n) is 8.79. The molecule has 0 aliphatic carbocycles. The summed E-state index contributed by atoms with van der Waals surface area (Å²) in [4.78, 5) is 25.1. The Morgan fingerprint density at radius 2 is 0.918 bits per heavy atom. The van der Waals surface area contributed by atoms with E-state index in [1.165, 1.54) is 12.7 Å². The average Bonchev–Trinajstić information content (AvgIpc) is 3.10. The molecule has 0 spiro atoms. The van der Waals surface area contributed by atoms with Crippen LogP contribution in [0, 0.1) is 0 Å². The summed E-state index contributed by atoms with van der Waals surface area (Å²) >= 11 is 0. The molecule has 0 unspecified atom stereocenters. The normalized spacial score (nSPS) is 11.4. The highest BCUT2D eigenvalue weighted by molar-refractivity contribution is 5.69. The van der Waals surface area contributed by atoms with Crippen molar-refractivity contribution in [2.75, 3.05) is 7.11 Å². The van der Waals surface area contributed by atoms with Gasteiger partial charge < -0.3 is 23.7 Å². The molecule has 5 aromatic carbocycles. The smallest absolute Gasteiger partial charge is 0.493 e. The number of hydrogen-bond acceptors (Lipinski definition) is 7. The molecule has 0 N–H and O–H groups in total. The summed E-state index contributed by atoms with van der Waals surface area (Å²) < 4.78 is 27.1. The molecule has 7 nitrogen and oxygen atoms in total. The van der Waals surface area contributed by atoms with Crippen molar-refractivity contribution in [1.82, 2.24) is 0 Å². The Kier molecular flexibility index (Phi) is 10.7. The van der Waals surface area contributed by atoms with Gasteiger partial charge in [-0.25, -0.2) is 9.59 Å². The molecule has 0 aliphatic rings. The average molecular weight is 659 g/mol. The quantitative estimate of drug-likeness (QED) is 0.103. The van der Waals surface area contributed by atoms with Crippen LogP contribution in [0.2, 0.25) is 0 Å². The van der Waals surface area contributed by atoms with E-state index in [4.69, 9.17) is 23.7 Å². The minimum Gasteiger partial charge on any atom is -0.493 e. The molecule has 0 bridgehead atoms. The van der Waals surface area contributed by atoms with E-state index in [1.54, 1.807) is 42.5 Å². The minimum atomic E-state index is -0.855. The number of hydrogen-bond donors (Lipinski definition) is 0. The van der Waals surface area contributed by atoms with Gasteiger partial charge in [0.25, 0.3) is 0 Å². The van der Waals surface area contributed by atoms with Gasteiger partial charge in [0.15, 0.2) is 11.5 Å². The summed E-state index contributed by atoms with van der Waals surface area (Å²) in [5, 5.41) is 0. The fourth-order valence-electron chi connectivity index (χ4n) is 5.67. The van der Waals surface area contributed by atoms with Crippen molar-refractivity contribution in [3.8, 4) is 28.7 Å². The first kappa shape index (κ1) is 34.8. The fourth-order valence-corrected chi connectivity index (χ4v) is 5.67. The Labute approximate surface area is 288 Å². The molecule has 5 rings (SSSR count). The largest absolute Gasteiger partial charge is 0.519 e. The molecule has 0 atom stereocenters. The molecular weight excluding hydrogens is 616 g/mol. The van der Waals surface area contributed by atoms with Gasteiger partial charge in [0.05, 0.1) is 7.11 Å². The first-order chi connectivity index (χ1) is 23.5. The summed E-state index contributed by atoms with van der Waals surface area (Å²) in [6.07, 6.45) is 0.232. The van der Waals surface area contributed by atoms with E-state index in [1.807, 2.05) is 66.7 Å². The van der Waals surface area contributed by atoms with E-state index < -0.39 is 17.7 Å². The Balaban J connectivity index is 1.16. The van der Waals surface area contributed by atoms with Gasteiger partial charge in [-0.05, 0) is 82.8 Å². The third kappa shape index (κ3) is 8.49. The predicted molar refractivity (Wildman–Crippen MR) is 190 cm³/mol. The number of benzene rings is 5. The van der Waals surface area contributed by atoms with Crippen LogP contribution in [0.4, 0.5) is 9.59 Å². The van der Waals surface area contributed by atoms with Crippen LogP contribution in [-0.2, 0) is 17.3 Å². The van der Waals surface area contributed by atoms with Crippen molar-refractivity contribution in [2.45, 2.75) is 58.3 Å². The zero-order chi connectivity index (χ0) is 35.0. The van der Waals surface area contributed by atoms with Gasteiger partial charge in [-0.2, -0.15) is 0 Å². The lowest BCUT2D eigenvalue weighted by atomic mass is 9.78. The lowest BCUT2D eigenvalue weighted by Gasteiger charge is -2.26. The summed E-state index contributed by atoms with van der Waals surface area (Å²) in [6.45, 7) is 10.6. The second-order valence-corrected chi connectivity index (χ2v) is 12.8. The van der Waals surface area contributed by atoms with Gasteiger partial charge in [0, 0.05) is 10.8 Å². The summed E-state index contributed by atoms with van der Waals surface area (Å²) in [6, 6.07) is 37.7. The lowest BCUT2D eigenvalue weighted by Crippen LogP contribution is -2.19. The Hall–Kier alpha value is -5.56. The number of carbonyl (C=O) groups is 2. The van der Waals surface area contributed by atoms with Gasteiger partial charge in [-0.15, -0.1) is 0 Å². The summed E-state index contributed by atoms with van der Waals surface area (Å²) in [5.74, 6) is 1.88. The topological polar surface area (TPSA) is 80.3 Å². The maximum atomic E-state index is 12.6. The van der Waals surface area contributed by atoms with E-state index in [-0.39, 0.29) is 5.41 Å². The van der Waals surface area contributed by atoms with Crippen molar-refractivity contribution >= 4 is 12.3 Å². The molecule has 252 valence electrons. The van der Waals surface area contributed by atoms with Crippen LogP contribution in [-0.4, -0.2) is 19.4 Å². The van der Waals surface area contributed by atoms with Crippen molar-refractivity contribution in [1.29, 1.82) is 0 Å². The molecule has 0 aromatic heterocycles. The molecule has 0 aliphatic heterocycles. The number of rotatable bonds is 11. The lowest BCUT2D eigenvalue weighted by molar-refractivity contribution is 0.149. The SMILES string of the molecule is CCCc1ccc(OC(=O)Oc2ccc(C(C)(C)c3ccc(OC(=O)Oc4ccc(C(C)(C)c5ccccc5)cc4)cc3)cc2)c(OC)c1. The second kappa shape index (κ2) is 15.1. The van der Waals surface area contributed by atoms with Gasteiger partial charge in [-0.1, -0.05) is 114 Å². The molecule has 0 saturated heterocycles. The van der Waals surface area contributed by atoms with Crippen LogP contribution >= 0.6 is 0 Å². The van der Waals surface area contributed by atoms with Gasteiger partial charge in [-0.3, -0.25) is 0 Å². The van der Waals surface area contributed by atoms with Crippen LogP contribution in [0.15, 0.2) is 121 Å². The number of carbonyl (C=O) groups excluding carboxylic acids is 2. The fraction of sp³-hybridized carbons (Fsp3) is 0.238.